The maximum Gasteiger partial charge on any atom is 0.324 e. The van der Waals surface area contributed by atoms with Gasteiger partial charge in [0.15, 0.2) is 0 Å². The van der Waals surface area contributed by atoms with E-state index in [1.54, 1.807) is 18.6 Å². The lowest BCUT2D eigenvalue weighted by molar-refractivity contribution is -0.380. The van der Waals surface area contributed by atoms with Crippen molar-refractivity contribution in [2.24, 2.45) is 0 Å². The van der Waals surface area contributed by atoms with Crippen molar-refractivity contribution in [2.75, 3.05) is 0 Å². The van der Waals surface area contributed by atoms with Gasteiger partial charge in [0.2, 0.25) is 0 Å². The average molecular weight is 1040 g/mol. The summed E-state index contributed by atoms with van der Waals surface area (Å²) < 4.78 is 21.9. The number of thiophene rings is 1. The molecule has 0 atom stereocenters. The molecule has 5 aromatic carbocycles. The van der Waals surface area contributed by atoms with E-state index in [1.807, 2.05) is 253 Å². The number of hydrogen-bond donors (Lipinski definition) is 0. The zero-order chi connectivity index (χ0) is 56.2. The number of furan rings is 4. The lowest BCUT2D eigenvalue weighted by Crippen LogP contribution is -1.82. The number of hydrogen-bond acceptors (Lipinski definition) is 7. The van der Waals surface area contributed by atoms with Crippen LogP contribution in [0.5, 0.6) is 0 Å². The molecule has 0 saturated carbocycles. The summed E-state index contributed by atoms with van der Waals surface area (Å²) in [5.41, 5.74) is 6.72. The second-order valence-electron chi connectivity index (χ2n) is 15.2. The van der Waals surface area contributed by atoms with Crippen LogP contribution in [0.3, 0.4) is 0 Å². The van der Waals surface area contributed by atoms with Gasteiger partial charge in [0.05, 0.1) is 17.4 Å². The van der Waals surface area contributed by atoms with Crippen LogP contribution in [0.15, 0.2) is 236 Å². The molecule has 76 heavy (non-hydrogen) atoms. The molecular weight excluding hydrogens is 959 g/mol. The molecule has 404 valence electrons. The van der Waals surface area contributed by atoms with E-state index in [-0.39, 0.29) is 9.92 Å². The number of aryl methyl sites for hydroxylation is 3. The molecule has 0 amide bonds. The Kier molecular flexibility index (Phi) is 37.2. The summed E-state index contributed by atoms with van der Waals surface area (Å²) in [5.74, 6) is 5.84. The molecule has 0 N–H and O–H groups in total. The smallest absolute Gasteiger partial charge is 0.324 e. The zero-order valence-electron chi connectivity index (χ0n) is 47.6. The molecule has 5 heterocycles. The Bertz CT molecular complexity index is 2750. The average Bonchev–Trinajstić information content (AvgIpc) is 4.40. The van der Waals surface area contributed by atoms with Crippen molar-refractivity contribution in [1.82, 2.24) is 0 Å². The molecule has 0 fully saturated rings. The van der Waals surface area contributed by atoms with Gasteiger partial charge in [-0.1, -0.05) is 258 Å². The first kappa shape index (κ1) is 66.3. The van der Waals surface area contributed by atoms with Gasteiger partial charge in [-0.15, -0.1) is 0 Å². The van der Waals surface area contributed by atoms with Gasteiger partial charge in [0.1, 0.15) is 34.6 Å². The molecule has 10 aromatic rings. The van der Waals surface area contributed by atoms with Crippen LogP contribution in [0.25, 0.3) is 55.7 Å². The highest BCUT2D eigenvalue weighted by molar-refractivity contribution is 7.18. The normalized spacial score (nSPS) is 9.22. The Morgan fingerprint density at radius 3 is 1.28 bits per heavy atom. The first-order valence-electron chi connectivity index (χ1n) is 27.1. The number of nitrogens with zero attached hydrogens (tertiary/aromatic N) is 1. The Morgan fingerprint density at radius 2 is 0.882 bits per heavy atom. The summed E-state index contributed by atoms with van der Waals surface area (Å²) in [6.07, 6.45) is 9.66. The van der Waals surface area contributed by atoms with E-state index in [4.69, 9.17) is 17.7 Å². The Balaban J connectivity index is 0.000000458. The number of benzene rings is 5. The molecule has 0 radical (unpaired) electrons. The first-order valence-corrected chi connectivity index (χ1v) is 27.9. The van der Waals surface area contributed by atoms with Crippen LogP contribution in [0.4, 0.5) is 5.00 Å². The predicted octanol–water partition coefficient (Wildman–Crippen LogP) is 23.0. The molecule has 0 aliphatic carbocycles. The molecule has 8 heteroatoms. The minimum Gasteiger partial charge on any atom is -0.464 e. The van der Waals surface area contributed by atoms with Crippen LogP contribution >= 0.6 is 11.3 Å². The van der Waals surface area contributed by atoms with E-state index in [9.17, 15) is 10.1 Å². The van der Waals surface area contributed by atoms with Crippen molar-refractivity contribution in [3.63, 3.8) is 0 Å². The Hall–Kier alpha value is -7.68. The quantitative estimate of drug-likeness (QED) is 0.0727. The molecule has 0 aliphatic rings. The highest BCUT2D eigenvalue weighted by Crippen LogP contribution is 2.32. The van der Waals surface area contributed by atoms with E-state index in [2.05, 4.69) is 31.2 Å². The van der Waals surface area contributed by atoms with Gasteiger partial charge in [-0.2, -0.15) is 0 Å². The molecule has 0 spiro atoms. The van der Waals surface area contributed by atoms with Crippen LogP contribution in [-0.2, 0) is 6.42 Å². The van der Waals surface area contributed by atoms with Gasteiger partial charge in [-0.3, -0.25) is 10.1 Å². The van der Waals surface area contributed by atoms with Crippen molar-refractivity contribution in [3.05, 3.63) is 246 Å². The van der Waals surface area contributed by atoms with E-state index in [0.717, 1.165) is 79.2 Å². The van der Waals surface area contributed by atoms with Crippen molar-refractivity contribution in [3.8, 4) is 55.7 Å². The second-order valence-corrected chi connectivity index (χ2v) is 16.2. The first-order chi connectivity index (χ1) is 37.4. The van der Waals surface area contributed by atoms with Gasteiger partial charge < -0.3 is 17.7 Å². The Morgan fingerprint density at radius 1 is 0.434 bits per heavy atom. The SMILES string of the molecule is CC.CC.CC.CC.CC.CCCCCCc1ccc(-c2ccccc2)o1.Cc1ccc(-c2ccccc2)o1.Cc1coc(-c2ccccc2)c1.O=[N+]([O-])c1ccc(-c2ccccc2)s1.c1ccc(-c2ccco2)cc1. The molecule has 5 aromatic heterocycles. The third-order valence-electron chi connectivity index (χ3n) is 9.99. The third-order valence-corrected chi connectivity index (χ3v) is 11.1. The van der Waals surface area contributed by atoms with E-state index >= 15 is 0 Å². The zero-order valence-corrected chi connectivity index (χ0v) is 48.4. The Labute approximate surface area is 460 Å². The van der Waals surface area contributed by atoms with Crippen molar-refractivity contribution in [1.29, 1.82) is 0 Å². The summed E-state index contributed by atoms with van der Waals surface area (Å²) in [7, 11) is 0. The highest BCUT2D eigenvalue weighted by atomic mass is 32.1. The molecular formula is C68H85NO6S. The van der Waals surface area contributed by atoms with E-state index in [0.29, 0.717) is 0 Å². The van der Waals surface area contributed by atoms with Gasteiger partial charge >= 0.3 is 5.00 Å². The molecule has 0 bridgehead atoms. The van der Waals surface area contributed by atoms with Crippen molar-refractivity contribution >= 4 is 16.3 Å². The lowest BCUT2D eigenvalue weighted by atomic mass is 10.1. The summed E-state index contributed by atoms with van der Waals surface area (Å²) in [6, 6.07) is 67.5. The molecule has 0 unspecified atom stereocenters. The highest BCUT2D eigenvalue weighted by Gasteiger charge is 2.10. The standard InChI is InChI=1S/C16H20O.2C11H10O.C10H7NO2S.C10H8O.5C2H6/c1-2-3-4-8-11-15-12-13-16(17-15)14-9-6-5-7-10-14;1-9-7-11(12-8-9)10-5-3-2-4-6-10;1-9-7-8-11(12-9)10-5-3-2-4-6-10;12-11(13)10-7-6-9(14-10)8-4-2-1-3-5-8;1-2-5-9(6-3-1)10-7-4-8-11-10;5*1-2/h5-7,9-10,12-13H,2-4,8,11H2,1H3;2*2-8H,1H3;1-7H;1-8H;5*1-2H3. The maximum absolute atomic E-state index is 10.5. The van der Waals surface area contributed by atoms with Gasteiger partial charge in [-0.25, -0.2) is 0 Å². The minimum absolute atomic E-state index is 0.184. The van der Waals surface area contributed by atoms with E-state index < -0.39 is 0 Å². The van der Waals surface area contributed by atoms with Crippen LogP contribution in [0.1, 0.15) is 119 Å². The fraction of sp³-hybridized carbons (Fsp3) is 0.265. The summed E-state index contributed by atoms with van der Waals surface area (Å²) in [6.45, 7) is 26.2. The second kappa shape index (κ2) is 42.7. The van der Waals surface area contributed by atoms with Gasteiger partial charge in [-0.05, 0) is 79.9 Å². The van der Waals surface area contributed by atoms with Crippen molar-refractivity contribution < 1.29 is 22.6 Å². The fourth-order valence-corrected chi connectivity index (χ4v) is 7.43. The molecule has 0 saturated heterocycles. The monoisotopic (exact) mass is 1040 g/mol. The summed E-state index contributed by atoms with van der Waals surface area (Å²) in [4.78, 5) is 11.0. The minimum atomic E-state index is -0.364. The van der Waals surface area contributed by atoms with Crippen molar-refractivity contribution in [2.45, 2.75) is 122 Å². The van der Waals surface area contributed by atoms with Crippen LogP contribution in [0, 0.1) is 24.0 Å². The van der Waals surface area contributed by atoms with Crippen LogP contribution in [0.2, 0.25) is 0 Å². The fourth-order valence-electron chi connectivity index (χ4n) is 6.60. The lowest BCUT2D eigenvalue weighted by Gasteiger charge is -1.98. The van der Waals surface area contributed by atoms with E-state index in [1.165, 1.54) is 43.1 Å². The summed E-state index contributed by atoms with van der Waals surface area (Å²) in [5, 5.41) is 10.6. The number of rotatable bonds is 11. The third kappa shape index (κ3) is 25.5. The molecule has 10 rings (SSSR count). The maximum atomic E-state index is 10.5. The van der Waals surface area contributed by atoms with Gasteiger partial charge in [0, 0.05) is 39.6 Å². The largest absolute Gasteiger partial charge is 0.464 e. The summed E-state index contributed by atoms with van der Waals surface area (Å²) >= 11 is 1.19. The van der Waals surface area contributed by atoms with Crippen LogP contribution in [-0.4, -0.2) is 4.92 Å². The van der Waals surface area contributed by atoms with Crippen LogP contribution < -0.4 is 0 Å². The topological polar surface area (TPSA) is 95.7 Å². The number of nitro groups is 1. The molecule has 0 aliphatic heterocycles. The molecule has 7 nitrogen and oxygen atoms in total. The van der Waals surface area contributed by atoms with Gasteiger partial charge in [0.25, 0.3) is 0 Å². The number of unbranched alkanes of at least 4 members (excludes halogenated alkanes) is 3. The predicted molar refractivity (Wildman–Crippen MR) is 327 cm³/mol.